The summed E-state index contributed by atoms with van der Waals surface area (Å²) in [7, 11) is 0. The highest BCUT2D eigenvalue weighted by atomic mass is 16.6. The smallest absolute Gasteiger partial charge is 0.407 e. The Labute approximate surface area is 136 Å². The van der Waals surface area contributed by atoms with Gasteiger partial charge in [0.1, 0.15) is 11.4 Å². The number of ether oxygens (including phenoxy) is 1. The van der Waals surface area contributed by atoms with E-state index in [1.54, 1.807) is 26.8 Å². The standard InChI is InChI=1S/C15H26N4O4/c1-5-6-7-10(17-14(22)23-15(2,3)4)12(20)13(21)18-11-8-9-16-19-11/h8-10,12,20H,5-7H2,1-4H3,(H,17,22)(H2,16,18,19,21)/t10-,12?/m0/s1. The van der Waals surface area contributed by atoms with Crippen LogP contribution in [0.25, 0.3) is 0 Å². The lowest BCUT2D eigenvalue weighted by atomic mass is 10.0. The molecule has 0 aliphatic rings. The van der Waals surface area contributed by atoms with Crippen molar-refractivity contribution >= 4 is 17.8 Å². The Morgan fingerprint density at radius 1 is 1.43 bits per heavy atom. The molecule has 0 aliphatic heterocycles. The van der Waals surface area contributed by atoms with Gasteiger partial charge in [0.05, 0.1) is 12.2 Å². The molecular formula is C15H26N4O4. The number of aliphatic hydroxyl groups excluding tert-OH is 1. The lowest BCUT2D eigenvalue weighted by Crippen LogP contribution is -2.50. The highest BCUT2D eigenvalue weighted by molar-refractivity contribution is 5.93. The van der Waals surface area contributed by atoms with Gasteiger partial charge in [0.25, 0.3) is 5.91 Å². The average Bonchev–Trinajstić information content (AvgIpc) is 2.93. The number of hydrogen-bond donors (Lipinski definition) is 4. The topological polar surface area (TPSA) is 116 Å². The second-order valence-corrected chi connectivity index (χ2v) is 6.30. The molecule has 1 unspecified atom stereocenters. The summed E-state index contributed by atoms with van der Waals surface area (Å²) in [5.74, 6) is -0.244. The van der Waals surface area contributed by atoms with E-state index in [0.717, 1.165) is 12.8 Å². The molecule has 4 N–H and O–H groups in total. The monoisotopic (exact) mass is 326 g/mol. The largest absolute Gasteiger partial charge is 0.444 e. The normalized spacial score (nSPS) is 14.0. The Bertz CT molecular complexity index is 496. The summed E-state index contributed by atoms with van der Waals surface area (Å²) in [5, 5.41) is 21.6. The van der Waals surface area contributed by atoms with Gasteiger partial charge in [-0.2, -0.15) is 5.10 Å². The fourth-order valence-electron chi connectivity index (χ4n) is 1.91. The van der Waals surface area contributed by atoms with Crippen molar-refractivity contribution in [1.29, 1.82) is 0 Å². The molecule has 1 aromatic heterocycles. The number of unbranched alkanes of at least 4 members (excludes halogenated alkanes) is 1. The molecule has 0 aliphatic carbocycles. The van der Waals surface area contributed by atoms with Gasteiger partial charge in [-0.15, -0.1) is 0 Å². The van der Waals surface area contributed by atoms with Gasteiger partial charge in [-0.1, -0.05) is 19.8 Å². The zero-order valence-corrected chi connectivity index (χ0v) is 14.0. The number of aromatic nitrogens is 2. The molecule has 0 radical (unpaired) electrons. The molecule has 2 amide bonds. The van der Waals surface area contributed by atoms with Crippen LogP contribution in [0.3, 0.4) is 0 Å². The maximum atomic E-state index is 12.1. The van der Waals surface area contributed by atoms with E-state index in [1.807, 2.05) is 6.92 Å². The molecule has 0 aromatic carbocycles. The van der Waals surface area contributed by atoms with Crippen LogP contribution in [-0.2, 0) is 9.53 Å². The van der Waals surface area contributed by atoms with Crippen molar-refractivity contribution in [3.8, 4) is 0 Å². The maximum absolute atomic E-state index is 12.1. The third kappa shape index (κ3) is 7.14. The van der Waals surface area contributed by atoms with Crippen molar-refractivity contribution in [2.45, 2.75) is 64.7 Å². The predicted molar refractivity (Wildman–Crippen MR) is 85.9 cm³/mol. The minimum atomic E-state index is -1.39. The summed E-state index contributed by atoms with van der Waals surface area (Å²) >= 11 is 0. The lowest BCUT2D eigenvalue weighted by molar-refractivity contribution is -0.125. The van der Waals surface area contributed by atoms with Crippen molar-refractivity contribution in [3.05, 3.63) is 12.3 Å². The fraction of sp³-hybridized carbons (Fsp3) is 0.667. The van der Waals surface area contributed by atoms with Crippen molar-refractivity contribution in [3.63, 3.8) is 0 Å². The molecule has 0 saturated carbocycles. The average molecular weight is 326 g/mol. The number of nitrogens with zero attached hydrogens (tertiary/aromatic N) is 1. The summed E-state index contributed by atoms with van der Waals surface area (Å²) in [5.41, 5.74) is -0.650. The zero-order valence-electron chi connectivity index (χ0n) is 14.0. The van der Waals surface area contributed by atoms with Crippen LogP contribution in [0.4, 0.5) is 10.6 Å². The van der Waals surface area contributed by atoms with E-state index in [2.05, 4.69) is 20.8 Å². The summed E-state index contributed by atoms with van der Waals surface area (Å²) < 4.78 is 5.17. The Balaban J connectivity index is 2.67. The van der Waals surface area contributed by atoms with Crippen LogP contribution in [0.5, 0.6) is 0 Å². The van der Waals surface area contributed by atoms with Crippen LogP contribution in [0.1, 0.15) is 47.0 Å². The molecule has 0 bridgehead atoms. The molecule has 1 rings (SSSR count). The number of amides is 2. The first-order valence-corrected chi connectivity index (χ1v) is 7.70. The number of nitrogens with one attached hydrogen (secondary N) is 3. The van der Waals surface area contributed by atoms with Gasteiger partial charge in [-0.25, -0.2) is 4.79 Å². The van der Waals surface area contributed by atoms with Gasteiger partial charge in [-0.3, -0.25) is 9.89 Å². The van der Waals surface area contributed by atoms with Crippen molar-refractivity contribution in [2.24, 2.45) is 0 Å². The highest BCUT2D eigenvalue weighted by Crippen LogP contribution is 2.11. The quantitative estimate of drug-likeness (QED) is 0.609. The van der Waals surface area contributed by atoms with Gasteiger partial charge in [-0.05, 0) is 27.2 Å². The van der Waals surface area contributed by atoms with Crippen LogP contribution in [0, 0.1) is 0 Å². The number of carbonyl (C=O) groups excluding carboxylic acids is 2. The molecular weight excluding hydrogens is 300 g/mol. The number of H-pyrrole nitrogens is 1. The fourth-order valence-corrected chi connectivity index (χ4v) is 1.91. The molecule has 1 heterocycles. The summed E-state index contributed by atoms with van der Waals surface area (Å²) in [6, 6.07) is 0.834. The SMILES string of the molecule is CCCC[C@H](NC(=O)OC(C)(C)C)C(O)C(=O)Nc1ccn[nH]1. The molecule has 0 saturated heterocycles. The van der Waals surface area contributed by atoms with E-state index in [0.29, 0.717) is 12.2 Å². The number of carbonyl (C=O) groups is 2. The first kappa shape index (κ1) is 19.0. The third-order valence-corrected chi connectivity index (χ3v) is 2.98. The first-order chi connectivity index (χ1) is 10.7. The number of hydrogen-bond acceptors (Lipinski definition) is 5. The van der Waals surface area contributed by atoms with E-state index < -0.39 is 29.7 Å². The molecule has 0 fully saturated rings. The molecule has 2 atom stereocenters. The Hall–Kier alpha value is -2.09. The van der Waals surface area contributed by atoms with E-state index in [4.69, 9.17) is 4.74 Å². The van der Waals surface area contributed by atoms with Crippen molar-refractivity contribution in [2.75, 3.05) is 5.32 Å². The van der Waals surface area contributed by atoms with Crippen LogP contribution < -0.4 is 10.6 Å². The van der Waals surface area contributed by atoms with E-state index >= 15 is 0 Å². The van der Waals surface area contributed by atoms with Crippen LogP contribution in [0.15, 0.2) is 12.3 Å². The molecule has 0 spiro atoms. The molecule has 1 aromatic rings. The summed E-state index contributed by atoms with van der Waals surface area (Å²) in [6.45, 7) is 7.22. The number of aliphatic hydroxyl groups is 1. The Morgan fingerprint density at radius 2 is 2.13 bits per heavy atom. The van der Waals surface area contributed by atoms with Crippen LogP contribution in [-0.4, -0.2) is 45.1 Å². The van der Waals surface area contributed by atoms with Crippen LogP contribution in [0.2, 0.25) is 0 Å². The van der Waals surface area contributed by atoms with E-state index in [1.165, 1.54) is 6.20 Å². The minimum Gasteiger partial charge on any atom is -0.444 e. The predicted octanol–water partition coefficient (Wildman–Crippen LogP) is 1.79. The maximum Gasteiger partial charge on any atom is 0.407 e. The molecule has 130 valence electrons. The van der Waals surface area contributed by atoms with Gasteiger partial charge in [0.15, 0.2) is 6.10 Å². The van der Waals surface area contributed by atoms with Gasteiger partial charge in [0, 0.05) is 6.07 Å². The first-order valence-electron chi connectivity index (χ1n) is 7.70. The molecule has 8 heteroatoms. The Morgan fingerprint density at radius 3 is 2.65 bits per heavy atom. The third-order valence-electron chi connectivity index (χ3n) is 2.98. The van der Waals surface area contributed by atoms with Gasteiger partial charge >= 0.3 is 6.09 Å². The molecule has 8 nitrogen and oxygen atoms in total. The number of alkyl carbamates (subject to hydrolysis) is 1. The van der Waals surface area contributed by atoms with Crippen molar-refractivity contribution in [1.82, 2.24) is 15.5 Å². The van der Waals surface area contributed by atoms with Crippen molar-refractivity contribution < 1.29 is 19.4 Å². The van der Waals surface area contributed by atoms with E-state index in [9.17, 15) is 14.7 Å². The number of aromatic amines is 1. The summed E-state index contributed by atoms with van der Waals surface area (Å²) in [6.07, 6.45) is 1.53. The van der Waals surface area contributed by atoms with E-state index in [-0.39, 0.29) is 0 Å². The van der Waals surface area contributed by atoms with Gasteiger partial charge in [0.2, 0.25) is 0 Å². The number of anilines is 1. The lowest BCUT2D eigenvalue weighted by Gasteiger charge is -2.26. The minimum absolute atomic E-state index is 0.376. The Kier molecular flexibility index (Phi) is 7.02. The second kappa shape index (κ2) is 8.52. The zero-order chi connectivity index (χ0) is 17.5. The molecule has 23 heavy (non-hydrogen) atoms. The highest BCUT2D eigenvalue weighted by Gasteiger charge is 2.29. The number of rotatable bonds is 7. The van der Waals surface area contributed by atoms with Gasteiger partial charge < -0.3 is 20.5 Å². The second-order valence-electron chi connectivity index (χ2n) is 6.30. The summed E-state index contributed by atoms with van der Waals surface area (Å²) in [4.78, 5) is 24.0. The van der Waals surface area contributed by atoms with Crippen LogP contribution >= 0.6 is 0 Å².